The molecule has 3 atom stereocenters. The van der Waals surface area contributed by atoms with Crippen LogP contribution < -0.4 is 0 Å². The molecule has 0 radical (unpaired) electrons. The summed E-state index contributed by atoms with van der Waals surface area (Å²) in [4.78, 5) is 0. The zero-order valence-corrected chi connectivity index (χ0v) is 28.1. The molecular weight excluding hydrogens is 569 g/mol. The molecule has 0 amide bonds. The van der Waals surface area contributed by atoms with E-state index in [1.807, 2.05) is 46.8 Å². The van der Waals surface area contributed by atoms with Crippen LogP contribution in [0.15, 0.2) is 42.5 Å². The van der Waals surface area contributed by atoms with Crippen molar-refractivity contribution in [2.24, 2.45) is 17.8 Å². The molecule has 1 aliphatic heterocycles. The normalized spacial score (nSPS) is 15.9. The Balaban J connectivity index is 0.000000567. The molecule has 2 aromatic rings. The molecule has 9 heteroatoms. The fourth-order valence-electron chi connectivity index (χ4n) is 4.23. The van der Waals surface area contributed by atoms with E-state index < -0.39 is 15.7 Å². The Morgan fingerprint density at radius 3 is 2.20 bits per heavy atom. The van der Waals surface area contributed by atoms with Crippen molar-refractivity contribution in [3.05, 3.63) is 69.7 Å². The number of hydrogen-bond acceptors (Lipinski definition) is 3. The van der Waals surface area contributed by atoms with Gasteiger partial charge in [0, 0.05) is 18.7 Å². The highest BCUT2D eigenvalue weighted by Crippen LogP contribution is 2.36. The number of halogens is 3. The van der Waals surface area contributed by atoms with Gasteiger partial charge in [0.1, 0.15) is 6.07 Å². The first-order chi connectivity index (χ1) is 18.7. The lowest BCUT2D eigenvalue weighted by molar-refractivity contribution is 0.103. The lowest BCUT2D eigenvalue weighted by atomic mass is 9.84. The van der Waals surface area contributed by atoms with Crippen molar-refractivity contribution in [1.82, 2.24) is 4.31 Å². The van der Waals surface area contributed by atoms with Crippen LogP contribution in [-0.2, 0) is 22.1 Å². The highest BCUT2D eigenvalue weighted by atomic mass is 35.5. The molecule has 2 aromatic carbocycles. The van der Waals surface area contributed by atoms with Gasteiger partial charge in [-0.15, -0.1) is 0 Å². The molecule has 0 N–H and O–H groups in total. The Hall–Kier alpha value is -1.58. The van der Waals surface area contributed by atoms with E-state index in [2.05, 4.69) is 20.8 Å². The average molecular weight is 617 g/mol. The minimum atomic E-state index is -2.97. The Morgan fingerprint density at radius 2 is 1.75 bits per heavy atom. The first-order valence-corrected chi connectivity index (χ1v) is 16.6. The second-order valence-electron chi connectivity index (χ2n) is 10.1. The molecule has 1 heterocycles. The summed E-state index contributed by atoms with van der Waals surface area (Å²) in [6.45, 7) is 17.9. The second-order valence-corrected chi connectivity index (χ2v) is 13.3. The number of nitrogens with zero attached hydrogens (tertiary/aromatic N) is 2. The van der Waals surface area contributed by atoms with E-state index in [0.717, 1.165) is 25.1 Å². The molecule has 3 rings (SSSR count). The molecule has 0 spiro atoms. The van der Waals surface area contributed by atoms with Crippen LogP contribution in [0.25, 0.3) is 0 Å². The number of alkyl halides is 2. The van der Waals surface area contributed by atoms with Gasteiger partial charge >= 0.3 is 0 Å². The number of aryl methyl sites for hydroxylation is 2. The zero-order valence-electron chi connectivity index (χ0n) is 25.3. The van der Waals surface area contributed by atoms with Crippen LogP contribution in [0.3, 0.4) is 0 Å². The van der Waals surface area contributed by atoms with E-state index in [9.17, 15) is 17.2 Å². The molecule has 226 valence electrons. The number of benzene rings is 2. The van der Waals surface area contributed by atoms with Crippen molar-refractivity contribution >= 4 is 30.9 Å². The molecule has 1 aliphatic rings. The quantitative estimate of drug-likeness (QED) is 0.292. The summed E-state index contributed by atoms with van der Waals surface area (Å²) in [6, 6.07) is 14.0. The molecule has 40 heavy (non-hydrogen) atoms. The Labute approximate surface area is 249 Å². The Kier molecular flexibility index (Phi) is 18.0. The van der Waals surface area contributed by atoms with Crippen LogP contribution in [0, 0.1) is 36.0 Å². The number of nitriles is 1. The summed E-state index contributed by atoms with van der Waals surface area (Å²) < 4.78 is 51.2. The average Bonchev–Trinajstić information content (AvgIpc) is 3.41. The van der Waals surface area contributed by atoms with Crippen molar-refractivity contribution < 1.29 is 17.2 Å². The van der Waals surface area contributed by atoms with Crippen molar-refractivity contribution in [3.8, 4) is 6.07 Å². The molecule has 1 saturated heterocycles. The van der Waals surface area contributed by atoms with E-state index in [-0.39, 0.29) is 5.56 Å². The fourth-order valence-corrected chi connectivity index (χ4v) is 6.37. The van der Waals surface area contributed by atoms with E-state index >= 15 is 0 Å². The van der Waals surface area contributed by atoms with E-state index in [1.54, 1.807) is 43.9 Å². The van der Waals surface area contributed by atoms with Gasteiger partial charge in [-0.1, -0.05) is 99.6 Å². The third-order valence-electron chi connectivity index (χ3n) is 6.84. The van der Waals surface area contributed by atoms with Crippen LogP contribution in [0.1, 0.15) is 83.6 Å². The summed E-state index contributed by atoms with van der Waals surface area (Å²) in [7, 11) is -1.41. The number of sulfonamides is 1. The molecule has 4 nitrogen and oxygen atoms in total. The van der Waals surface area contributed by atoms with Crippen LogP contribution in [0.2, 0.25) is 5.02 Å². The van der Waals surface area contributed by atoms with Gasteiger partial charge in [-0.3, -0.25) is 0 Å². The topological polar surface area (TPSA) is 61.2 Å². The molecule has 0 bridgehead atoms. The SMILES string of the molecule is CC.CCCS(=O)(=O)N1CCC([C@H](C)C(C)C)C1.CCc1ccccc1C(F)(F)P.Cc1ccc(C#N)c(Cl)c1. The maximum Gasteiger partial charge on any atom is 0.284 e. The maximum atomic E-state index is 12.9. The van der Waals surface area contributed by atoms with Gasteiger partial charge in [0.2, 0.25) is 10.0 Å². The highest BCUT2D eigenvalue weighted by molar-refractivity contribution is 7.89. The van der Waals surface area contributed by atoms with Crippen molar-refractivity contribution in [1.29, 1.82) is 5.26 Å². The molecule has 2 unspecified atom stereocenters. The van der Waals surface area contributed by atoms with E-state index in [0.29, 0.717) is 52.5 Å². The number of rotatable bonds is 7. The van der Waals surface area contributed by atoms with Gasteiger partial charge in [0.15, 0.2) is 0 Å². The third kappa shape index (κ3) is 12.9. The highest BCUT2D eigenvalue weighted by Gasteiger charge is 2.34. The first-order valence-electron chi connectivity index (χ1n) is 14.1. The second kappa shape index (κ2) is 18.8. The zero-order chi connectivity index (χ0) is 31.1. The summed E-state index contributed by atoms with van der Waals surface area (Å²) in [5.41, 5.74) is -0.377. The van der Waals surface area contributed by atoms with Crippen molar-refractivity contribution in [2.75, 3.05) is 18.8 Å². The summed E-state index contributed by atoms with van der Waals surface area (Å²) in [5, 5.41) is 9.00. The summed E-state index contributed by atoms with van der Waals surface area (Å²) >= 11 is 5.71. The van der Waals surface area contributed by atoms with Crippen molar-refractivity contribution in [2.45, 2.75) is 80.3 Å². The standard InChI is InChI=1S/C12H25NO2S.C9H11F2P.C8H6ClN.C2H6/c1-5-8-16(14,15)13-7-6-12(9-13)11(4)10(2)3;1-2-7-5-3-4-6-8(7)9(10,11)12;1-6-2-3-7(5-10)8(9)4-6;1-2/h10-12H,5-9H2,1-4H3;3-6H,2,12H2,1H3;2-4H,1H3;1-2H3/t11-,12?;;;/m1.../s1. The molecule has 1 fully saturated rings. The van der Waals surface area contributed by atoms with Gasteiger partial charge in [-0.25, -0.2) is 12.7 Å². The van der Waals surface area contributed by atoms with Crippen LogP contribution in [-0.4, -0.2) is 31.6 Å². The Bertz CT molecular complexity index is 1160. The minimum absolute atomic E-state index is 0.109. The van der Waals surface area contributed by atoms with E-state index in [4.69, 9.17) is 16.9 Å². The van der Waals surface area contributed by atoms with Crippen LogP contribution >= 0.6 is 20.8 Å². The predicted octanol–water partition coefficient (Wildman–Crippen LogP) is 9.06. The predicted molar refractivity (Wildman–Crippen MR) is 169 cm³/mol. The molecule has 0 aliphatic carbocycles. The first kappa shape index (κ1) is 38.4. The third-order valence-corrected chi connectivity index (χ3v) is 9.51. The lowest BCUT2D eigenvalue weighted by Gasteiger charge is -2.23. The van der Waals surface area contributed by atoms with Gasteiger partial charge < -0.3 is 0 Å². The van der Waals surface area contributed by atoms with Crippen LogP contribution in [0.5, 0.6) is 0 Å². The monoisotopic (exact) mass is 616 g/mol. The smallest absolute Gasteiger partial charge is 0.212 e. The van der Waals surface area contributed by atoms with Gasteiger partial charge in [-0.2, -0.15) is 14.0 Å². The van der Waals surface area contributed by atoms with Crippen molar-refractivity contribution in [3.63, 3.8) is 0 Å². The minimum Gasteiger partial charge on any atom is -0.212 e. The van der Waals surface area contributed by atoms with Gasteiger partial charge in [0.25, 0.3) is 5.66 Å². The Morgan fingerprint density at radius 1 is 1.15 bits per heavy atom. The summed E-state index contributed by atoms with van der Waals surface area (Å²) in [5.74, 6) is 2.10. The summed E-state index contributed by atoms with van der Waals surface area (Å²) in [6.07, 6.45) is 2.38. The van der Waals surface area contributed by atoms with Gasteiger partial charge in [0.05, 0.1) is 16.3 Å². The fraction of sp³-hybridized carbons (Fsp3) is 0.581. The largest absolute Gasteiger partial charge is 0.284 e. The van der Waals surface area contributed by atoms with Crippen LogP contribution in [0.4, 0.5) is 8.78 Å². The van der Waals surface area contributed by atoms with E-state index in [1.165, 1.54) is 6.07 Å². The number of hydrogen-bond donors (Lipinski definition) is 0. The molecule has 0 aromatic heterocycles. The molecule has 0 saturated carbocycles. The maximum absolute atomic E-state index is 12.9. The lowest BCUT2D eigenvalue weighted by Crippen LogP contribution is -2.32. The molecular formula is C31H48ClF2N2O2PS. The van der Waals surface area contributed by atoms with Gasteiger partial charge in [-0.05, 0) is 67.2 Å².